The van der Waals surface area contributed by atoms with E-state index in [1.807, 2.05) is 6.92 Å². The van der Waals surface area contributed by atoms with E-state index in [1.54, 1.807) is 12.4 Å². The number of imidazole rings is 1. The highest BCUT2D eigenvalue weighted by Crippen LogP contribution is 2.17. The second-order valence-electron chi connectivity index (χ2n) is 4.29. The highest BCUT2D eigenvalue weighted by atomic mass is 19.1. The van der Waals surface area contributed by atoms with Gasteiger partial charge in [0.05, 0.1) is 6.04 Å². The molecule has 0 fully saturated rings. The van der Waals surface area contributed by atoms with Crippen LogP contribution in [0.1, 0.15) is 18.5 Å². The van der Waals surface area contributed by atoms with E-state index in [1.165, 1.54) is 9.13 Å². The van der Waals surface area contributed by atoms with Crippen molar-refractivity contribution in [2.75, 3.05) is 0 Å². The summed E-state index contributed by atoms with van der Waals surface area (Å²) in [6.07, 6.45) is 3.22. The maximum absolute atomic E-state index is 13.6. The van der Waals surface area contributed by atoms with Gasteiger partial charge in [-0.05, 0) is 25.1 Å². The smallest absolute Gasteiger partial charge is 0.322 e. The molecule has 19 heavy (non-hydrogen) atoms. The molecule has 102 valence electrons. The van der Waals surface area contributed by atoms with Crippen molar-refractivity contribution >= 4 is 0 Å². The molecule has 1 aromatic heterocycles. The van der Waals surface area contributed by atoms with Gasteiger partial charge in [-0.2, -0.15) is 0 Å². The van der Waals surface area contributed by atoms with Crippen LogP contribution in [0.2, 0.25) is 0 Å². The topological polar surface area (TPSA) is 52.9 Å². The number of rotatable bonds is 4. The van der Waals surface area contributed by atoms with E-state index in [0.717, 1.165) is 18.2 Å². The van der Waals surface area contributed by atoms with Crippen molar-refractivity contribution in [1.82, 2.24) is 9.13 Å². The summed E-state index contributed by atoms with van der Waals surface area (Å²) in [5.41, 5.74) is 5.69. The van der Waals surface area contributed by atoms with Gasteiger partial charge in [0.2, 0.25) is 0 Å². The lowest BCUT2D eigenvalue weighted by atomic mass is 10.1. The van der Waals surface area contributed by atoms with Gasteiger partial charge in [0.15, 0.2) is 0 Å². The summed E-state index contributed by atoms with van der Waals surface area (Å²) in [6.45, 7) is 2.50. The molecule has 0 bridgehead atoms. The first-order valence-electron chi connectivity index (χ1n) is 5.99. The molecule has 2 aromatic rings. The van der Waals surface area contributed by atoms with Crippen molar-refractivity contribution < 1.29 is 8.78 Å². The minimum atomic E-state index is -0.777. The summed E-state index contributed by atoms with van der Waals surface area (Å²) in [5, 5.41) is 0. The third-order valence-corrected chi connectivity index (χ3v) is 3.01. The average molecular weight is 267 g/mol. The van der Waals surface area contributed by atoms with Crippen molar-refractivity contribution in [3.63, 3.8) is 0 Å². The average Bonchev–Trinajstić information content (AvgIpc) is 2.73. The summed E-state index contributed by atoms with van der Waals surface area (Å²) in [4.78, 5) is 11.8. The molecule has 0 aliphatic carbocycles. The van der Waals surface area contributed by atoms with Gasteiger partial charge in [-0.25, -0.2) is 13.6 Å². The maximum atomic E-state index is 13.6. The fourth-order valence-electron chi connectivity index (χ4n) is 1.94. The van der Waals surface area contributed by atoms with Gasteiger partial charge in [-0.1, -0.05) is 0 Å². The van der Waals surface area contributed by atoms with Crippen LogP contribution in [0.4, 0.5) is 8.78 Å². The third-order valence-electron chi connectivity index (χ3n) is 3.01. The minimum Gasteiger partial charge on any atom is -0.322 e. The first-order valence-corrected chi connectivity index (χ1v) is 5.99. The summed E-state index contributed by atoms with van der Waals surface area (Å²) < 4.78 is 29.5. The van der Waals surface area contributed by atoms with Gasteiger partial charge in [0.1, 0.15) is 11.6 Å². The summed E-state index contributed by atoms with van der Waals surface area (Å²) in [6, 6.07) is 2.35. The molecule has 0 saturated carbocycles. The quantitative estimate of drug-likeness (QED) is 0.915. The van der Waals surface area contributed by atoms with Gasteiger partial charge < -0.3 is 5.73 Å². The molecule has 6 heteroatoms. The number of aryl methyl sites for hydroxylation is 1. The Bertz CT molecular complexity index is 633. The lowest BCUT2D eigenvalue weighted by molar-refractivity contribution is 0.509. The van der Waals surface area contributed by atoms with Crippen molar-refractivity contribution in [3.8, 4) is 0 Å². The predicted octanol–water partition coefficient (Wildman–Crippen LogP) is 1.65. The van der Waals surface area contributed by atoms with Crippen LogP contribution < -0.4 is 11.4 Å². The zero-order valence-corrected chi connectivity index (χ0v) is 10.5. The van der Waals surface area contributed by atoms with Gasteiger partial charge in [0.25, 0.3) is 0 Å². The zero-order chi connectivity index (χ0) is 14.0. The first kappa shape index (κ1) is 13.5. The molecule has 0 radical (unpaired) electrons. The SMILES string of the molecule is CCn1ccn(CC(N)c2cc(F)ccc2F)c1=O. The van der Waals surface area contributed by atoms with Gasteiger partial charge in [0, 0.05) is 31.0 Å². The van der Waals surface area contributed by atoms with Crippen LogP contribution in [-0.2, 0) is 13.1 Å². The second-order valence-corrected chi connectivity index (χ2v) is 4.29. The number of halogens is 2. The molecule has 1 heterocycles. The maximum Gasteiger partial charge on any atom is 0.328 e. The molecule has 0 aliphatic heterocycles. The predicted molar refractivity (Wildman–Crippen MR) is 67.7 cm³/mol. The van der Waals surface area contributed by atoms with Crippen LogP contribution in [-0.4, -0.2) is 9.13 Å². The fourth-order valence-corrected chi connectivity index (χ4v) is 1.94. The summed E-state index contributed by atoms with van der Waals surface area (Å²) in [5.74, 6) is -1.12. The van der Waals surface area contributed by atoms with E-state index in [9.17, 15) is 13.6 Å². The molecule has 1 atom stereocenters. The van der Waals surface area contributed by atoms with Crippen molar-refractivity contribution in [2.24, 2.45) is 5.73 Å². The summed E-state index contributed by atoms with van der Waals surface area (Å²) >= 11 is 0. The molecule has 1 aromatic carbocycles. The van der Waals surface area contributed by atoms with Crippen molar-refractivity contribution in [1.29, 1.82) is 0 Å². The molecular weight excluding hydrogens is 252 g/mol. The lowest BCUT2D eigenvalue weighted by Crippen LogP contribution is -2.28. The van der Waals surface area contributed by atoms with E-state index in [2.05, 4.69) is 0 Å². The van der Waals surface area contributed by atoms with Crippen LogP contribution in [0.25, 0.3) is 0 Å². The number of nitrogens with zero attached hydrogens (tertiary/aromatic N) is 2. The zero-order valence-electron chi connectivity index (χ0n) is 10.5. The van der Waals surface area contributed by atoms with E-state index < -0.39 is 17.7 Å². The van der Waals surface area contributed by atoms with Crippen LogP contribution >= 0.6 is 0 Å². The number of aromatic nitrogens is 2. The Kier molecular flexibility index (Phi) is 3.80. The van der Waals surface area contributed by atoms with Gasteiger partial charge in [-0.3, -0.25) is 9.13 Å². The number of hydrogen-bond donors (Lipinski definition) is 1. The molecule has 0 saturated heterocycles. The van der Waals surface area contributed by atoms with Gasteiger partial charge in [-0.15, -0.1) is 0 Å². The molecule has 0 aliphatic rings. The molecule has 2 rings (SSSR count). The Morgan fingerprint density at radius 3 is 2.58 bits per heavy atom. The second kappa shape index (κ2) is 5.36. The number of benzene rings is 1. The highest BCUT2D eigenvalue weighted by molar-refractivity contribution is 5.22. The van der Waals surface area contributed by atoms with Crippen molar-refractivity contribution in [3.05, 3.63) is 58.3 Å². The molecule has 4 nitrogen and oxygen atoms in total. The Hall–Kier alpha value is -1.95. The molecule has 0 spiro atoms. The minimum absolute atomic E-state index is 0.0659. The number of nitrogens with two attached hydrogens (primary N) is 1. The van der Waals surface area contributed by atoms with Gasteiger partial charge >= 0.3 is 5.69 Å². The molecule has 2 N–H and O–H groups in total. The van der Waals surface area contributed by atoms with E-state index >= 15 is 0 Å². The van der Waals surface area contributed by atoms with E-state index in [-0.39, 0.29) is 17.8 Å². The number of hydrogen-bond acceptors (Lipinski definition) is 2. The van der Waals surface area contributed by atoms with Crippen LogP contribution in [0.5, 0.6) is 0 Å². The third kappa shape index (κ3) is 2.73. The van der Waals surface area contributed by atoms with Crippen LogP contribution in [0, 0.1) is 11.6 Å². The molecule has 0 amide bonds. The standard InChI is InChI=1S/C13H15F2N3O/c1-2-17-5-6-18(13(17)19)8-12(16)10-7-9(14)3-4-11(10)15/h3-7,12H,2,8,16H2,1H3. The summed E-state index contributed by atoms with van der Waals surface area (Å²) in [7, 11) is 0. The van der Waals surface area contributed by atoms with Crippen LogP contribution in [0.3, 0.4) is 0 Å². The Labute approximate surface area is 109 Å². The highest BCUT2D eigenvalue weighted by Gasteiger charge is 2.14. The Morgan fingerprint density at radius 1 is 1.26 bits per heavy atom. The van der Waals surface area contributed by atoms with E-state index in [0.29, 0.717) is 6.54 Å². The Morgan fingerprint density at radius 2 is 1.95 bits per heavy atom. The Balaban J connectivity index is 2.25. The molecule has 1 unspecified atom stereocenters. The van der Waals surface area contributed by atoms with E-state index in [4.69, 9.17) is 5.73 Å². The fraction of sp³-hybridized carbons (Fsp3) is 0.308. The lowest BCUT2D eigenvalue weighted by Gasteiger charge is -2.13. The largest absolute Gasteiger partial charge is 0.328 e. The molecular formula is C13H15F2N3O. The first-order chi connectivity index (χ1) is 9.02. The monoisotopic (exact) mass is 267 g/mol. The van der Waals surface area contributed by atoms with Crippen molar-refractivity contribution in [2.45, 2.75) is 26.1 Å². The van der Waals surface area contributed by atoms with Crippen LogP contribution in [0.15, 0.2) is 35.4 Å². The normalized spacial score (nSPS) is 12.6.